The van der Waals surface area contributed by atoms with Crippen molar-refractivity contribution in [1.82, 2.24) is 9.55 Å². The molecule has 2 heterocycles. The van der Waals surface area contributed by atoms with Gasteiger partial charge in [-0.05, 0) is 66.9 Å². The number of hydrogen-bond donors (Lipinski definition) is 2. The Labute approximate surface area is 306 Å². The van der Waals surface area contributed by atoms with Gasteiger partial charge in [-0.1, -0.05) is 79.2 Å². The van der Waals surface area contributed by atoms with Crippen molar-refractivity contribution < 1.29 is 33.6 Å². The van der Waals surface area contributed by atoms with Crippen LogP contribution in [0.25, 0.3) is 0 Å². The van der Waals surface area contributed by atoms with E-state index in [-0.39, 0.29) is 6.61 Å². The zero-order valence-electron chi connectivity index (χ0n) is 30.1. The van der Waals surface area contributed by atoms with Crippen molar-refractivity contribution in [1.29, 1.82) is 0 Å². The molecule has 7 rings (SSSR count). The zero-order chi connectivity index (χ0) is 37.5. The molecular formula is C42H42N2O9. The molecule has 2 aliphatic rings. The summed E-state index contributed by atoms with van der Waals surface area (Å²) in [5.74, 6) is -0.505. The van der Waals surface area contributed by atoms with E-state index in [4.69, 9.17) is 23.7 Å². The van der Waals surface area contributed by atoms with Crippen LogP contribution in [0, 0.1) is 25.7 Å². The van der Waals surface area contributed by atoms with Crippen molar-refractivity contribution in [3.63, 3.8) is 0 Å². The van der Waals surface area contributed by atoms with E-state index in [1.54, 1.807) is 33.3 Å². The van der Waals surface area contributed by atoms with Gasteiger partial charge in [-0.15, -0.1) is 0 Å². The number of methoxy groups -OCH3 is 2. The number of esters is 1. The molecule has 2 N–H and O–H groups in total. The molecule has 274 valence electrons. The van der Waals surface area contributed by atoms with E-state index in [0.717, 1.165) is 22.3 Å². The minimum Gasteiger partial charge on any atom is -0.497 e. The summed E-state index contributed by atoms with van der Waals surface area (Å²) in [6, 6.07) is 31.7. The molecule has 5 aromatic rings. The first-order valence-corrected chi connectivity index (χ1v) is 17.5. The first-order valence-electron chi connectivity index (χ1n) is 17.5. The molecule has 1 saturated heterocycles. The Morgan fingerprint density at radius 1 is 0.849 bits per heavy atom. The molecule has 11 nitrogen and oxygen atoms in total. The maximum absolute atomic E-state index is 13.7. The lowest BCUT2D eigenvalue weighted by molar-refractivity contribution is -0.222. The summed E-state index contributed by atoms with van der Waals surface area (Å²) in [5.41, 5.74) is -0.253. The molecule has 2 bridgehead atoms. The number of H-pyrrole nitrogens is 1. The third-order valence-corrected chi connectivity index (χ3v) is 10.7. The van der Waals surface area contributed by atoms with Gasteiger partial charge in [-0.2, -0.15) is 0 Å². The van der Waals surface area contributed by atoms with Crippen LogP contribution in [-0.2, 0) is 19.8 Å². The molecule has 0 amide bonds. The van der Waals surface area contributed by atoms with E-state index in [1.807, 2.05) is 105 Å². The van der Waals surface area contributed by atoms with Gasteiger partial charge >= 0.3 is 11.7 Å². The number of aryl methyl sites for hydroxylation is 2. The summed E-state index contributed by atoms with van der Waals surface area (Å²) in [6.45, 7) is 5.10. The fourth-order valence-corrected chi connectivity index (χ4v) is 7.88. The molecule has 6 atom stereocenters. The number of fused-ring (bicyclic) bond motifs is 2. The number of rotatable bonds is 11. The summed E-state index contributed by atoms with van der Waals surface area (Å²) >= 11 is 0. The first kappa shape index (κ1) is 35.9. The van der Waals surface area contributed by atoms with Gasteiger partial charge in [0.1, 0.15) is 29.4 Å². The van der Waals surface area contributed by atoms with E-state index in [1.165, 1.54) is 10.8 Å². The van der Waals surface area contributed by atoms with Crippen LogP contribution in [0.15, 0.2) is 119 Å². The lowest BCUT2D eigenvalue weighted by Gasteiger charge is -2.43. The Balaban J connectivity index is 1.38. The zero-order valence-corrected chi connectivity index (χ0v) is 30.1. The van der Waals surface area contributed by atoms with E-state index in [9.17, 15) is 19.5 Å². The van der Waals surface area contributed by atoms with Gasteiger partial charge in [-0.3, -0.25) is 14.3 Å². The van der Waals surface area contributed by atoms with Crippen LogP contribution in [-0.4, -0.2) is 59.3 Å². The van der Waals surface area contributed by atoms with Gasteiger partial charge in [-0.25, -0.2) is 9.59 Å². The average molecular weight is 719 g/mol. The van der Waals surface area contributed by atoms with Crippen LogP contribution in [0.4, 0.5) is 0 Å². The number of hydrogen-bond acceptors (Lipinski definition) is 9. The van der Waals surface area contributed by atoms with Crippen molar-refractivity contribution in [3.8, 4) is 11.5 Å². The van der Waals surface area contributed by atoms with Crippen molar-refractivity contribution in [2.45, 2.75) is 50.4 Å². The molecule has 0 spiro atoms. The largest absolute Gasteiger partial charge is 0.497 e. The second kappa shape index (κ2) is 14.1. The molecule has 1 aliphatic heterocycles. The van der Waals surface area contributed by atoms with Crippen LogP contribution in [0.2, 0.25) is 0 Å². The molecule has 1 saturated carbocycles. The molecule has 1 aromatic heterocycles. The third-order valence-electron chi connectivity index (χ3n) is 10.7. The predicted octanol–water partition coefficient (Wildman–Crippen LogP) is 5.30. The molecule has 4 aromatic carbocycles. The number of aromatic nitrogens is 2. The van der Waals surface area contributed by atoms with Crippen molar-refractivity contribution in [3.05, 3.63) is 164 Å². The third kappa shape index (κ3) is 6.14. The normalized spacial score (nSPS) is 23.5. The number of benzene rings is 4. The Bertz CT molecular complexity index is 2150. The number of aromatic amines is 1. The van der Waals surface area contributed by atoms with Crippen molar-refractivity contribution in [2.75, 3.05) is 20.8 Å². The predicted molar refractivity (Wildman–Crippen MR) is 196 cm³/mol. The SMILES string of the molecule is COc1ccc(C(OC[C@@]23O[C@@H](n4cc(C)c(=O)[nH]c4=O)[C@@H]([C@H](C)[C@H]2OC(=O)c2ccc(C)cc2)[C@@H]3O)(c2ccccc2)c2ccc(OC)cc2)cc1. The average Bonchev–Trinajstić information content (AvgIpc) is 3.57. The maximum atomic E-state index is 13.7. The van der Waals surface area contributed by atoms with Crippen LogP contribution in [0.1, 0.15) is 51.3 Å². The lowest BCUT2D eigenvalue weighted by atomic mass is 9.79. The number of ether oxygens (including phenoxy) is 5. The second-order valence-corrected chi connectivity index (χ2v) is 13.8. The molecule has 11 heteroatoms. The number of carbonyl (C=O) groups excluding carboxylic acids is 1. The number of carbonyl (C=O) groups is 1. The van der Waals surface area contributed by atoms with E-state index < -0.39 is 58.7 Å². The summed E-state index contributed by atoms with van der Waals surface area (Å²) in [7, 11) is 3.19. The van der Waals surface area contributed by atoms with E-state index in [0.29, 0.717) is 22.6 Å². The minimum atomic E-state index is -1.66. The highest BCUT2D eigenvalue weighted by Crippen LogP contribution is 2.57. The van der Waals surface area contributed by atoms with E-state index in [2.05, 4.69) is 4.98 Å². The molecule has 1 aliphatic carbocycles. The van der Waals surface area contributed by atoms with E-state index >= 15 is 0 Å². The Morgan fingerprint density at radius 2 is 1.42 bits per heavy atom. The summed E-state index contributed by atoms with van der Waals surface area (Å²) < 4.78 is 32.6. The maximum Gasteiger partial charge on any atom is 0.338 e. The highest BCUT2D eigenvalue weighted by molar-refractivity contribution is 5.89. The Hall–Kier alpha value is -5.49. The topological polar surface area (TPSA) is 138 Å². The smallest absolute Gasteiger partial charge is 0.338 e. The molecule has 0 radical (unpaired) electrons. The fourth-order valence-electron chi connectivity index (χ4n) is 7.88. The lowest BCUT2D eigenvalue weighted by Crippen LogP contribution is -2.56. The number of nitrogens with one attached hydrogen (secondary N) is 1. The number of aliphatic hydroxyl groups is 1. The number of nitrogens with zero attached hydrogens (tertiary/aromatic N) is 1. The van der Waals surface area contributed by atoms with Gasteiger partial charge < -0.3 is 28.8 Å². The molecule has 53 heavy (non-hydrogen) atoms. The Kier molecular flexibility index (Phi) is 9.58. The minimum absolute atomic E-state index is 0.276. The number of aliphatic hydroxyl groups excluding tert-OH is 1. The quantitative estimate of drug-likeness (QED) is 0.138. The fraction of sp³-hybridized carbons (Fsp3) is 0.310. The monoisotopic (exact) mass is 718 g/mol. The van der Waals surface area contributed by atoms with Gasteiger partial charge in [0.05, 0.1) is 32.5 Å². The van der Waals surface area contributed by atoms with Crippen molar-refractivity contribution in [2.24, 2.45) is 11.8 Å². The van der Waals surface area contributed by atoms with Crippen LogP contribution in [0.3, 0.4) is 0 Å². The van der Waals surface area contributed by atoms with Crippen molar-refractivity contribution >= 4 is 5.97 Å². The Morgan fingerprint density at radius 3 is 1.98 bits per heavy atom. The van der Waals surface area contributed by atoms with Crippen LogP contribution < -0.4 is 20.7 Å². The second-order valence-electron chi connectivity index (χ2n) is 13.8. The van der Waals surface area contributed by atoms with Gasteiger partial charge in [0.15, 0.2) is 5.60 Å². The molecular weight excluding hydrogens is 676 g/mol. The van der Waals surface area contributed by atoms with Gasteiger partial charge in [0.25, 0.3) is 5.56 Å². The summed E-state index contributed by atoms with van der Waals surface area (Å²) in [6.07, 6.45) is -1.82. The summed E-state index contributed by atoms with van der Waals surface area (Å²) in [5, 5.41) is 12.3. The summed E-state index contributed by atoms with van der Waals surface area (Å²) in [4.78, 5) is 41.6. The van der Waals surface area contributed by atoms with Crippen LogP contribution >= 0.6 is 0 Å². The molecule has 2 fully saturated rings. The highest BCUT2D eigenvalue weighted by Gasteiger charge is 2.71. The molecule has 0 unspecified atom stereocenters. The van der Waals surface area contributed by atoms with Gasteiger partial charge in [0, 0.05) is 23.6 Å². The highest BCUT2D eigenvalue weighted by atomic mass is 16.6. The van der Waals surface area contributed by atoms with Crippen LogP contribution in [0.5, 0.6) is 11.5 Å². The standard InChI is InChI=1S/C42H42N2O9/c1-25-11-13-28(14-12-25)39(47)52-36-27(3)34-35(45)41(36,53-38(34)44-23-26(2)37(46)43-40(44)48)24-51-42(29-9-7-6-8-10-29,30-15-19-32(49-4)20-16-30)31-17-21-33(50-5)22-18-31/h6-23,27,34-36,38,45H,24H2,1-5H3,(H,43,46,48)/t27-,34-,35-,36+,38+,41-/m0/s1. The first-order chi connectivity index (χ1) is 25.5. The van der Waals surface area contributed by atoms with Gasteiger partial charge in [0.2, 0.25) is 0 Å².